The number of ketones is 1. The first kappa shape index (κ1) is 15.8. The number of rotatable bonds is 0. The third-order valence-electron chi connectivity index (χ3n) is 9.28. The van der Waals surface area contributed by atoms with Gasteiger partial charge in [0.25, 0.3) is 0 Å². The lowest BCUT2D eigenvalue weighted by Gasteiger charge is -2.60. The Balaban J connectivity index is 1.46. The van der Waals surface area contributed by atoms with Gasteiger partial charge in [-0.05, 0) is 67.6 Å². The fraction of sp³-hybridized carbons (Fsp3) is 0.952. The van der Waals surface area contributed by atoms with Crippen LogP contribution in [0, 0.1) is 34.5 Å². The van der Waals surface area contributed by atoms with Crippen LogP contribution in [0.15, 0.2) is 0 Å². The van der Waals surface area contributed by atoms with Crippen molar-refractivity contribution >= 4 is 5.78 Å². The van der Waals surface area contributed by atoms with Crippen LogP contribution in [-0.4, -0.2) is 24.8 Å². The molecule has 0 aromatic rings. The SMILES string of the molecule is C[C@]12CCC(=O)C[C@H]1CC[C@H]1[C@H]2CC[C@@]2(C)[C@@H]1CCC21OCCO1. The summed E-state index contributed by atoms with van der Waals surface area (Å²) in [6.45, 7) is 6.54. The maximum atomic E-state index is 12.0. The first-order valence-electron chi connectivity index (χ1n) is 10.3. The van der Waals surface area contributed by atoms with Crippen molar-refractivity contribution in [3.63, 3.8) is 0 Å². The fourth-order valence-electron chi connectivity index (χ4n) is 7.93. The van der Waals surface area contributed by atoms with Crippen LogP contribution in [0.25, 0.3) is 0 Å². The highest BCUT2D eigenvalue weighted by molar-refractivity contribution is 5.79. The maximum absolute atomic E-state index is 12.0. The van der Waals surface area contributed by atoms with Crippen LogP contribution < -0.4 is 0 Å². The number of fused-ring (bicyclic) bond motifs is 6. The Kier molecular flexibility index (Phi) is 3.34. The molecule has 24 heavy (non-hydrogen) atoms. The van der Waals surface area contributed by atoms with Crippen LogP contribution in [0.2, 0.25) is 0 Å². The normalized spacial score (nSPS) is 52.8. The molecule has 0 aromatic carbocycles. The van der Waals surface area contributed by atoms with Crippen molar-refractivity contribution < 1.29 is 14.3 Å². The van der Waals surface area contributed by atoms with Crippen molar-refractivity contribution in [2.24, 2.45) is 34.5 Å². The highest BCUT2D eigenvalue weighted by Crippen LogP contribution is 2.69. The largest absolute Gasteiger partial charge is 0.347 e. The van der Waals surface area contributed by atoms with Gasteiger partial charge in [0.05, 0.1) is 13.2 Å². The van der Waals surface area contributed by atoms with Gasteiger partial charge < -0.3 is 9.47 Å². The molecule has 3 heteroatoms. The van der Waals surface area contributed by atoms with Crippen LogP contribution in [0.4, 0.5) is 0 Å². The van der Waals surface area contributed by atoms with Gasteiger partial charge in [0.1, 0.15) is 5.78 Å². The Hall–Kier alpha value is -0.410. The summed E-state index contributed by atoms with van der Waals surface area (Å²) in [4.78, 5) is 12.0. The van der Waals surface area contributed by atoms with Crippen molar-refractivity contribution in [1.29, 1.82) is 0 Å². The van der Waals surface area contributed by atoms with E-state index in [1.165, 1.54) is 32.1 Å². The van der Waals surface area contributed by atoms with Crippen molar-refractivity contribution in [1.82, 2.24) is 0 Å². The molecule has 1 saturated heterocycles. The van der Waals surface area contributed by atoms with Gasteiger partial charge in [-0.15, -0.1) is 0 Å². The average Bonchev–Trinajstić information content (AvgIpc) is 3.15. The van der Waals surface area contributed by atoms with Crippen LogP contribution >= 0.6 is 0 Å². The summed E-state index contributed by atoms with van der Waals surface area (Å²) in [5, 5.41) is 0. The lowest BCUT2D eigenvalue weighted by Crippen LogP contribution is -2.56. The van der Waals surface area contributed by atoms with Crippen LogP contribution in [0.3, 0.4) is 0 Å². The number of Topliss-reactive ketones (excluding diaryl/α,β-unsaturated/α-hetero) is 1. The highest BCUT2D eigenvalue weighted by Gasteiger charge is 2.67. The monoisotopic (exact) mass is 332 g/mol. The van der Waals surface area contributed by atoms with E-state index in [0.717, 1.165) is 56.7 Å². The van der Waals surface area contributed by atoms with Gasteiger partial charge in [0, 0.05) is 24.7 Å². The summed E-state index contributed by atoms with van der Waals surface area (Å²) in [5.74, 6) is 3.29. The van der Waals surface area contributed by atoms with E-state index in [-0.39, 0.29) is 11.2 Å². The molecule has 6 atom stereocenters. The summed E-state index contributed by atoms with van der Waals surface area (Å²) >= 11 is 0. The average molecular weight is 332 g/mol. The van der Waals surface area contributed by atoms with Crippen molar-refractivity contribution in [2.75, 3.05) is 13.2 Å². The molecule has 0 amide bonds. The topological polar surface area (TPSA) is 35.5 Å². The predicted octanol–water partition coefficient (Wildman–Crippen LogP) is 4.34. The number of hydrogen-bond donors (Lipinski definition) is 0. The van der Waals surface area contributed by atoms with Crippen LogP contribution in [0.5, 0.6) is 0 Å². The Morgan fingerprint density at radius 1 is 0.917 bits per heavy atom. The van der Waals surface area contributed by atoms with E-state index in [4.69, 9.17) is 9.47 Å². The number of ether oxygens (including phenoxy) is 2. The zero-order chi connectivity index (χ0) is 16.6. The molecule has 5 aliphatic rings. The second-order valence-corrected chi connectivity index (χ2v) is 9.84. The summed E-state index contributed by atoms with van der Waals surface area (Å²) in [7, 11) is 0. The molecule has 3 nitrogen and oxygen atoms in total. The van der Waals surface area contributed by atoms with Gasteiger partial charge in [0.2, 0.25) is 0 Å². The minimum Gasteiger partial charge on any atom is -0.347 e. The lowest BCUT2D eigenvalue weighted by molar-refractivity contribution is -0.246. The quantitative estimate of drug-likeness (QED) is 0.662. The van der Waals surface area contributed by atoms with Gasteiger partial charge in [-0.1, -0.05) is 13.8 Å². The molecule has 0 unspecified atom stereocenters. The van der Waals surface area contributed by atoms with E-state index >= 15 is 0 Å². The third kappa shape index (κ3) is 1.84. The summed E-state index contributed by atoms with van der Waals surface area (Å²) < 4.78 is 12.5. The Bertz CT molecular complexity index is 551. The molecular formula is C21H32O3. The zero-order valence-electron chi connectivity index (χ0n) is 15.3. The molecule has 4 aliphatic carbocycles. The second kappa shape index (κ2) is 5.07. The maximum Gasteiger partial charge on any atom is 0.174 e. The van der Waals surface area contributed by atoms with E-state index in [2.05, 4.69) is 13.8 Å². The number of carbonyl (C=O) groups excluding carboxylic acids is 1. The smallest absolute Gasteiger partial charge is 0.174 e. The number of carbonyl (C=O) groups is 1. The molecule has 134 valence electrons. The van der Waals surface area contributed by atoms with Crippen molar-refractivity contribution in [2.45, 2.75) is 77.4 Å². The Morgan fingerprint density at radius 3 is 2.46 bits per heavy atom. The fourth-order valence-corrected chi connectivity index (χ4v) is 7.93. The first-order valence-corrected chi connectivity index (χ1v) is 10.3. The molecule has 5 fully saturated rings. The van der Waals surface area contributed by atoms with E-state index < -0.39 is 0 Å². The van der Waals surface area contributed by atoms with Crippen LogP contribution in [-0.2, 0) is 14.3 Å². The molecular weight excluding hydrogens is 300 g/mol. The third-order valence-corrected chi connectivity index (χ3v) is 9.28. The Morgan fingerprint density at radius 2 is 1.67 bits per heavy atom. The van der Waals surface area contributed by atoms with Crippen molar-refractivity contribution in [3.05, 3.63) is 0 Å². The zero-order valence-corrected chi connectivity index (χ0v) is 15.3. The minimum atomic E-state index is -0.275. The number of hydrogen-bond acceptors (Lipinski definition) is 3. The Labute approximate surface area is 145 Å². The van der Waals surface area contributed by atoms with Gasteiger partial charge in [0.15, 0.2) is 5.79 Å². The van der Waals surface area contributed by atoms with Crippen LogP contribution in [0.1, 0.15) is 71.6 Å². The van der Waals surface area contributed by atoms with E-state index in [1.807, 2.05) is 0 Å². The molecule has 0 aromatic heterocycles. The van der Waals surface area contributed by atoms with E-state index in [0.29, 0.717) is 17.1 Å². The minimum absolute atomic E-state index is 0.207. The highest BCUT2D eigenvalue weighted by atomic mass is 16.7. The molecule has 4 saturated carbocycles. The lowest BCUT2D eigenvalue weighted by atomic mass is 9.45. The van der Waals surface area contributed by atoms with Gasteiger partial charge in [-0.2, -0.15) is 0 Å². The van der Waals surface area contributed by atoms with Gasteiger partial charge >= 0.3 is 0 Å². The standard InChI is InChI=1S/C21H32O3/c1-19-8-5-15(22)13-14(19)3-4-16-17(19)6-9-20(2)18(16)7-10-21(20)23-11-12-24-21/h14,16-18H,3-13H2,1-2H3/t14-,16+,17-,18-,19+,20+/m1/s1. The van der Waals surface area contributed by atoms with Crippen molar-refractivity contribution in [3.8, 4) is 0 Å². The van der Waals surface area contributed by atoms with Gasteiger partial charge in [-0.25, -0.2) is 0 Å². The summed E-state index contributed by atoms with van der Waals surface area (Å²) in [6, 6.07) is 0. The molecule has 0 radical (unpaired) electrons. The summed E-state index contributed by atoms with van der Waals surface area (Å²) in [6.07, 6.45) is 10.3. The molecule has 5 rings (SSSR count). The molecule has 0 N–H and O–H groups in total. The first-order chi connectivity index (χ1) is 11.5. The molecule has 1 spiro atoms. The van der Waals surface area contributed by atoms with Gasteiger partial charge in [-0.3, -0.25) is 4.79 Å². The van der Waals surface area contributed by atoms with E-state index in [9.17, 15) is 4.79 Å². The molecule has 1 heterocycles. The summed E-state index contributed by atoms with van der Waals surface area (Å²) in [5.41, 5.74) is 0.615. The predicted molar refractivity (Wildman–Crippen MR) is 91.4 cm³/mol. The molecule has 0 bridgehead atoms. The van der Waals surface area contributed by atoms with E-state index in [1.54, 1.807) is 0 Å². The second-order valence-electron chi connectivity index (χ2n) is 9.84. The molecule has 1 aliphatic heterocycles.